The van der Waals surface area contributed by atoms with E-state index in [9.17, 15) is 4.39 Å². The normalized spacial score (nSPS) is 11.0. The first-order valence-corrected chi connectivity index (χ1v) is 7.10. The second-order valence-electron chi connectivity index (χ2n) is 5.17. The zero-order chi connectivity index (χ0) is 14.9. The molecule has 22 heavy (non-hydrogen) atoms. The molecule has 0 radical (unpaired) electrons. The van der Waals surface area contributed by atoms with Gasteiger partial charge in [-0.1, -0.05) is 48.5 Å². The summed E-state index contributed by atoms with van der Waals surface area (Å²) in [6, 6.07) is 18.9. The second kappa shape index (κ2) is 5.11. The van der Waals surface area contributed by atoms with Gasteiger partial charge in [-0.05, 0) is 17.7 Å². The lowest BCUT2D eigenvalue weighted by molar-refractivity contribution is 0.631. The van der Waals surface area contributed by atoms with Crippen molar-refractivity contribution in [3.63, 3.8) is 0 Å². The van der Waals surface area contributed by atoms with Gasteiger partial charge in [-0.2, -0.15) is 0 Å². The van der Waals surface area contributed by atoms with Crippen LogP contribution in [0.5, 0.6) is 0 Å². The molecule has 0 saturated heterocycles. The van der Waals surface area contributed by atoms with Crippen LogP contribution in [0.15, 0.2) is 73.1 Å². The fourth-order valence-electron chi connectivity index (χ4n) is 2.69. The molecule has 2 nitrogen and oxygen atoms in total. The molecule has 0 atom stereocenters. The first-order valence-electron chi connectivity index (χ1n) is 7.10. The summed E-state index contributed by atoms with van der Waals surface area (Å²) in [5, 5.41) is 0.923. The molecular formula is C19H13FN2. The quantitative estimate of drug-likeness (QED) is 0.550. The number of rotatable bonds is 2. The lowest BCUT2D eigenvalue weighted by Gasteiger charge is -2.04. The lowest BCUT2D eigenvalue weighted by atomic mass is 10.0. The van der Waals surface area contributed by atoms with Crippen molar-refractivity contribution in [3.8, 4) is 22.3 Å². The minimum Gasteiger partial charge on any atom is -0.346 e. The summed E-state index contributed by atoms with van der Waals surface area (Å²) >= 11 is 0. The van der Waals surface area contributed by atoms with Gasteiger partial charge in [0.25, 0.3) is 0 Å². The van der Waals surface area contributed by atoms with Gasteiger partial charge in [0.05, 0.1) is 0 Å². The molecule has 0 unspecified atom stereocenters. The SMILES string of the molecule is Fc1ccccc1-c1c[nH]c2ncc(-c3ccccc3)cc12. The van der Waals surface area contributed by atoms with E-state index in [4.69, 9.17) is 0 Å². The van der Waals surface area contributed by atoms with Gasteiger partial charge in [-0.3, -0.25) is 0 Å². The molecule has 1 N–H and O–H groups in total. The van der Waals surface area contributed by atoms with Crippen molar-refractivity contribution in [2.24, 2.45) is 0 Å². The Hall–Kier alpha value is -2.94. The molecular weight excluding hydrogens is 275 g/mol. The zero-order valence-electron chi connectivity index (χ0n) is 11.8. The highest BCUT2D eigenvalue weighted by molar-refractivity contribution is 5.95. The van der Waals surface area contributed by atoms with Crippen LogP contribution in [0.25, 0.3) is 33.3 Å². The fourth-order valence-corrected chi connectivity index (χ4v) is 2.69. The van der Waals surface area contributed by atoms with Crippen LogP contribution in [0.2, 0.25) is 0 Å². The van der Waals surface area contributed by atoms with Gasteiger partial charge in [0.15, 0.2) is 0 Å². The highest BCUT2D eigenvalue weighted by atomic mass is 19.1. The van der Waals surface area contributed by atoms with Gasteiger partial charge in [0.1, 0.15) is 11.5 Å². The van der Waals surface area contributed by atoms with E-state index in [2.05, 4.69) is 16.0 Å². The number of nitrogens with zero attached hydrogens (tertiary/aromatic N) is 1. The molecule has 3 heteroatoms. The van der Waals surface area contributed by atoms with E-state index >= 15 is 0 Å². The van der Waals surface area contributed by atoms with E-state index in [0.29, 0.717) is 5.56 Å². The number of halogens is 1. The van der Waals surface area contributed by atoms with E-state index < -0.39 is 0 Å². The average molecular weight is 288 g/mol. The number of aromatic amines is 1. The first kappa shape index (κ1) is 12.8. The Kier molecular flexibility index (Phi) is 2.97. The van der Waals surface area contributed by atoms with Crippen molar-refractivity contribution in [2.75, 3.05) is 0 Å². The van der Waals surface area contributed by atoms with Crippen LogP contribution in [0, 0.1) is 5.82 Å². The Labute approximate surface area is 127 Å². The Morgan fingerprint density at radius 1 is 0.818 bits per heavy atom. The molecule has 0 aliphatic rings. The molecule has 4 aromatic rings. The van der Waals surface area contributed by atoms with Gasteiger partial charge in [-0.15, -0.1) is 0 Å². The van der Waals surface area contributed by atoms with Crippen LogP contribution in [0.4, 0.5) is 4.39 Å². The van der Waals surface area contributed by atoms with Gasteiger partial charge >= 0.3 is 0 Å². The van der Waals surface area contributed by atoms with Crippen LogP contribution in [-0.2, 0) is 0 Å². The van der Waals surface area contributed by atoms with E-state index in [-0.39, 0.29) is 5.82 Å². The summed E-state index contributed by atoms with van der Waals surface area (Å²) in [5.74, 6) is -0.228. The maximum atomic E-state index is 14.1. The van der Waals surface area contributed by atoms with Gasteiger partial charge < -0.3 is 4.98 Å². The van der Waals surface area contributed by atoms with E-state index in [1.54, 1.807) is 12.1 Å². The van der Waals surface area contributed by atoms with Crippen LogP contribution < -0.4 is 0 Å². The molecule has 2 aromatic carbocycles. The van der Waals surface area contributed by atoms with E-state index in [1.807, 2.05) is 48.8 Å². The highest BCUT2D eigenvalue weighted by Crippen LogP contribution is 2.32. The van der Waals surface area contributed by atoms with Gasteiger partial charge in [0, 0.05) is 34.5 Å². The number of hydrogen-bond acceptors (Lipinski definition) is 1. The van der Waals surface area contributed by atoms with Crippen molar-refractivity contribution in [1.82, 2.24) is 9.97 Å². The number of H-pyrrole nitrogens is 1. The second-order valence-corrected chi connectivity index (χ2v) is 5.17. The predicted molar refractivity (Wildman–Crippen MR) is 86.9 cm³/mol. The number of aromatic nitrogens is 2. The molecule has 2 aromatic heterocycles. The van der Waals surface area contributed by atoms with E-state index in [1.165, 1.54) is 6.07 Å². The molecule has 0 saturated carbocycles. The monoisotopic (exact) mass is 288 g/mol. The Bertz CT molecular complexity index is 942. The molecule has 0 aliphatic heterocycles. The smallest absolute Gasteiger partial charge is 0.137 e. The number of fused-ring (bicyclic) bond motifs is 1. The van der Waals surface area contributed by atoms with Gasteiger partial charge in [0.2, 0.25) is 0 Å². The molecule has 4 rings (SSSR count). The molecule has 0 aliphatic carbocycles. The maximum absolute atomic E-state index is 14.1. The third-order valence-electron chi connectivity index (χ3n) is 3.80. The third-order valence-corrected chi connectivity index (χ3v) is 3.80. The predicted octanol–water partition coefficient (Wildman–Crippen LogP) is 5.04. The zero-order valence-corrected chi connectivity index (χ0v) is 11.8. The fraction of sp³-hybridized carbons (Fsp3) is 0. The van der Waals surface area contributed by atoms with Crippen molar-refractivity contribution >= 4 is 11.0 Å². The Morgan fingerprint density at radius 2 is 1.59 bits per heavy atom. The first-order chi connectivity index (χ1) is 10.8. The Balaban J connectivity index is 1.93. The van der Waals surface area contributed by atoms with Gasteiger partial charge in [-0.25, -0.2) is 9.37 Å². The van der Waals surface area contributed by atoms with Crippen LogP contribution >= 0.6 is 0 Å². The Morgan fingerprint density at radius 3 is 2.41 bits per heavy atom. The number of hydrogen-bond donors (Lipinski definition) is 1. The third kappa shape index (κ3) is 2.07. The van der Waals surface area contributed by atoms with Crippen molar-refractivity contribution in [3.05, 3.63) is 78.9 Å². The number of benzene rings is 2. The molecule has 0 spiro atoms. The molecule has 0 amide bonds. The average Bonchev–Trinajstić information content (AvgIpc) is 2.99. The van der Waals surface area contributed by atoms with Crippen molar-refractivity contribution < 1.29 is 4.39 Å². The largest absolute Gasteiger partial charge is 0.346 e. The van der Waals surface area contributed by atoms with Crippen LogP contribution in [-0.4, -0.2) is 9.97 Å². The van der Waals surface area contributed by atoms with E-state index in [0.717, 1.165) is 27.7 Å². The number of pyridine rings is 1. The highest BCUT2D eigenvalue weighted by Gasteiger charge is 2.11. The molecule has 0 fully saturated rings. The van der Waals surface area contributed by atoms with Crippen LogP contribution in [0.3, 0.4) is 0 Å². The van der Waals surface area contributed by atoms with Crippen molar-refractivity contribution in [1.29, 1.82) is 0 Å². The summed E-state index contributed by atoms with van der Waals surface area (Å²) in [7, 11) is 0. The number of nitrogens with one attached hydrogen (secondary N) is 1. The molecule has 106 valence electrons. The maximum Gasteiger partial charge on any atom is 0.137 e. The summed E-state index contributed by atoms with van der Waals surface area (Å²) in [6.45, 7) is 0. The summed E-state index contributed by atoms with van der Waals surface area (Å²) in [6.07, 6.45) is 3.64. The lowest BCUT2D eigenvalue weighted by Crippen LogP contribution is -1.84. The standard InChI is InChI=1S/C19H13FN2/c20-18-9-5-4-8-15(18)17-12-22-19-16(17)10-14(11-21-19)13-6-2-1-3-7-13/h1-12H,(H,21,22). The molecule has 0 bridgehead atoms. The van der Waals surface area contributed by atoms with Crippen LogP contribution in [0.1, 0.15) is 0 Å². The minimum atomic E-state index is -0.228. The summed E-state index contributed by atoms with van der Waals surface area (Å²) in [4.78, 5) is 7.57. The summed E-state index contributed by atoms with van der Waals surface area (Å²) in [5.41, 5.74) is 4.29. The topological polar surface area (TPSA) is 28.7 Å². The minimum absolute atomic E-state index is 0.228. The summed E-state index contributed by atoms with van der Waals surface area (Å²) < 4.78 is 14.1. The van der Waals surface area contributed by atoms with Crippen molar-refractivity contribution in [2.45, 2.75) is 0 Å². The molecule has 2 heterocycles.